The van der Waals surface area contributed by atoms with Gasteiger partial charge < -0.3 is 19.3 Å². The number of amides is 1. The lowest BCUT2D eigenvalue weighted by atomic mass is 10.1. The number of methoxy groups -OCH3 is 1. The second-order valence-corrected chi connectivity index (χ2v) is 6.50. The van der Waals surface area contributed by atoms with Gasteiger partial charge in [-0.3, -0.25) is 9.59 Å². The number of halogens is 1. The molecule has 2 aromatic carbocycles. The summed E-state index contributed by atoms with van der Waals surface area (Å²) < 4.78 is 23.4. The van der Waals surface area contributed by atoms with E-state index in [0.717, 1.165) is 11.4 Å². The summed E-state index contributed by atoms with van der Waals surface area (Å²) in [4.78, 5) is 28.1. The van der Waals surface area contributed by atoms with Gasteiger partial charge in [-0.1, -0.05) is 24.3 Å². The predicted octanol–water partition coefficient (Wildman–Crippen LogP) is 2.27. The molecule has 0 unspecified atom stereocenters. The molecule has 0 aromatic heterocycles. The number of anilines is 1. The van der Waals surface area contributed by atoms with E-state index < -0.39 is 5.97 Å². The van der Waals surface area contributed by atoms with Crippen LogP contribution in [0.1, 0.15) is 5.56 Å². The monoisotopic (exact) mass is 386 g/mol. The van der Waals surface area contributed by atoms with E-state index in [9.17, 15) is 14.0 Å². The molecule has 1 aliphatic rings. The average Bonchev–Trinajstić information content (AvgIpc) is 2.73. The summed E-state index contributed by atoms with van der Waals surface area (Å²) in [5.41, 5.74) is 1.65. The van der Waals surface area contributed by atoms with Crippen molar-refractivity contribution in [3.8, 4) is 5.75 Å². The maximum atomic E-state index is 12.9. The van der Waals surface area contributed by atoms with E-state index in [-0.39, 0.29) is 24.8 Å². The zero-order chi connectivity index (χ0) is 19.9. The quantitative estimate of drug-likeness (QED) is 0.713. The van der Waals surface area contributed by atoms with Crippen LogP contribution in [0.5, 0.6) is 5.75 Å². The van der Waals surface area contributed by atoms with Crippen LogP contribution in [0.3, 0.4) is 0 Å². The first-order chi connectivity index (χ1) is 13.6. The van der Waals surface area contributed by atoms with E-state index in [0.29, 0.717) is 31.7 Å². The molecule has 0 saturated carbocycles. The van der Waals surface area contributed by atoms with Crippen molar-refractivity contribution in [1.29, 1.82) is 0 Å². The highest BCUT2D eigenvalue weighted by Crippen LogP contribution is 2.28. The summed E-state index contributed by atoms with van der Waals surface area (Å²) in [6.07, 6.45) is 0.00907. The average molecular weight is 386 g/mol. The Balaban J connectivity index is 1.45. The Kier molecular flexibility index (Phi) is 6.47. The van der Waals surface area contributed by atoms with Crippen molar-refractivity contribution >= 4 is 17.6 Å². The fourth-order valence-electron chi connectivity index (χ4n) is 3.14. The first-order valence-corrected chi connectivity index (χ1v) is 9.12. The summed E-state index contributed by atoms with van der Waals surface area (Å²) in [6, 6.07) is 13.4. The molecule has 148 valence electrons. The minimum atomic E-state index is -0.507. The minimum absolute atomic E-state index is 0.00907. The number of carbonyl (C=O) groups is 2. The molecule has 0 atom stereocenters. The molecule has 0 aliphatic carbocycles. The predicted molar refractivity (Wildman–Crippen MR) is 103 cm³/mol. The van der Waals surface area contributed by atoms with Gasteiger partial charge in [0.2, 0.25) is 0 Å². The zero-order valence-electron chi connectivity index (χ0n) is 15.8. The van der Waals surface area contributed by atoms with E-state index in [1.807, 2.05) is 24.3 Å². The molecule has 28 heavy (non-hydrogen) atoms. The Bertz CT molecular complexity index is 817. The van der Waals surface area contributed by atoms with Gasteiger partial charge >= 0.3 is 5.97 Å². The van der Waals surface area contributed by atoms with Crippen LogP contribution in [0, 0.1) is 5.82 Å². The molecule has 2 aromatic rings. The molecule has 0 bridgehead atoms. The van der Waals surface area contributed by atoms with Crippen LogP contribution >= 0.6 is 0 Å². The zero-order valence-corrected chi connectivity index (χ0v) is 15.8. The molecule has 7 heteroatoms. The third-order valence-electron chi connectivity index (χ3n) is 4.68. The van der Waals surface area contributed by atoms with Crippen LogP contribution in [0.15, 0.2) is 48.5 Å². The van der Waals surface area contributed by atoms with E-state index >= 15 is 0 Å². The minimum Gasteiger partial charge on any atom is -0.495 e. The normalized spacial score (nSPS) is 13.9. The largest absolute Gasteiger partial charge is 0.495 e. The Morgan fingerprint density at radius 2 is 1.68 bits per heavy atom. The number of hydrogen-bond donors (Lipinski definition) is 0. The molecule has 3 rings (SSSR count). The summed E-state index contributed by atoms with van der Waals surface area (Å²) in [7, 11) is 1.64. The van der Waals surface area contributed by atoms with Gasteiger partial charge in [-0.25, -0.2) is 4.39 Å². The first kappa shape index (κ1) is 19.7. The van der Waals surface area contributed by atoms with Gasteiger partial charge in [-0.15, -0.1) is 0 Å². The Morgan fingerprint density at radius 1 is 1.00 bits per heavy atom. The molecule has 1 saturated heterocycles. The van der Waals surface area contributed by atoms with Crippen molar-refractivity contribution in [2.45, 2.75) is 6.42 Å². The van der Waals surface area contributed by atoms with Gasteiger partial charge in [0, 0.05) is 26.2 Å². The van der Waals surface area contributed by atoms with Crippen molar-refractivity contribution in [2.24, 2.45) is 0 Å². The van der Waals surface area contributed by atoms with E-state index in [2.05, 4.69) is 4.90 Å². The van der Waals surface area contributed by atoms with Crippen LogP contribution in [-0.2, 0) is 20.7 Å². The van der Waals surface area contributed by atoms with Crippen molar-refractivity contribution in [3.63, 3.8) is 0 Å². The number of nitrogens with zero attached hydrogens (tertiary/aromatic N) is 2. The number of rotatable bonds is 6. The van der Waals surface area contributed by atoms with Crippen molar-refractivity contribution in [2.75, 3.05) is 44.8 Å². The number of ether oxygens (including phenoxy) is 2. The van der Waals surface area contributed by atoms with E-state index in [4.69, 9.17) is 9.47 Å². The third kappa shape index (κ3) is 5.00. The fourth-order valence-corrected chi connectivity index (χ4v) is 3.14. The smallest absolute Gasteiger partial charge is 0.310 e. The van der Waals surface area contributed by atoms with E-state index in [1.54, 1.807) is 12.0 Å². The highest BCUT2D eigenvalue weighted by molar-refractivity contribution is 5.81. The molecule has 0 N–H and O–H groups in total. The molecule has 1 amide bonds. The van der Waals surface area contributed by atoms with Crippen molar-refractivity contribution in [3.05, 3.63) is 59.9 Å². The molecule has 0 spiro atoms. The highest BCUT2D eigenvalue weighted by atomic mass is 19.1. The number of para-hydroxylation sites is 2. The van der Waals surface area contributed by atoms with Gasteiger partial charge in [-0.2, -0.15) is 0 Å². The number of hydrogen-bond acceptors (Lipinski definition) is 5. The van der Waals surface area contributed by atoms with Crippen LogP contribution < -0.4 is 9.64 Å². The number of carbonyl (C=O) groups excluding carboxylic acids is 2. The molecule has 1 aliphatic heterocycles. The summed E-state index contributed by atoms with van der Waals surface area (Å²) >= 11 is 0. The molecule has 0 radical (unpaired) electrons. The third-order valence-corrected chi connectivity index (χ3v) is 4.68. The Labute approximate surface area is 163 Å². The number of benzene rings is 2. The van der Waals surface area contributed by atoms with Gasteiger partial charge in [-0.05, 0) is 29.8 Å². The van der Waals surface area contributed by atoms with Gasteiger partial charge in [0.25, 0.3) is 5.91 Å². The SMILES string of the molecule is COc1ccccc1N1CCN(C(=O)COC(=O)Cc2ccc(F)cc2)CC1. The summed E-state index contributed by atoms with van der Waals surface area (Å²) in [6.45, 7) is 2.17. The second-order valence-electron chi connectivity index (χ2n) is 6.50. The first-order valence-electron chi connectivity index (χ1n) is 9.12. The molecule has 1 fully saturated rings. The van der Waals surface area contributed by atoms with Crippen molar-refractivity contribution < 1.29 is 23.5 Å². The topological polar surface area (TPSA) is 59.1 Å². The maximum absolute atomic E-state index is 12.9. The van der Waals surface area contributed by atoms with Crippen molar-refractivity contribution in [1.82, 2.24) is 4.90 Å². The van der Waals surface area contributed by atoms with Gasteiger partial charge in [0.1, 0.15) is 11.6 Å². The number of esters is 1. The Hall–Kier alpha value is -3.09. The maximum Gasteiger partial charge on any atom is 0.310 e. The fraction of sp³-hybridized carbons (Fsp3) is 0.333. The van der Waals surface area contributed by atoms with Gasteiger partial charge in [0.15, 0.2) is 6.61 Å². The van der Waals surface area contributed by atoms with E-state index in [1.165, 1.54) is 24.3 Å². The van der Waals surface area contributed by atoms with Crippen LogP contribution in [0.25, 0.3) is 0 Å². The molecular weight excluding hydrogens is 363 g/mol. The van der Waals surface area contributed by atoms with Crippen LogP contribution in [0.4, 0.5) is 10.1 Å². The highest BCUT2D eigenvalue weighted by Gasteiger charge is 2.23. The van der Waals surface area contributed by atoms with Crippen LogP contribution in [-0.4, -0.2) is 56.7 Å². The molecular formula is C21H23FN2O4. The summed E-state index contributed by atoms with van der Waals surface area (Å²) in [5, 5.41) is 0. The second kappa shape index (κ2) is 9.21. The molecule has 1 heterocycles. The van der Waals surface area contributed by atoms with Gasteiger partial charge in [0.05, 0.1) is 19.2 Å². The number of piperazine rings is 1. The lowest BCUT2D eigenvalue weighted by molar-refractivity contribution is -0.151. The lowest BCUT2D eigenvalue weighted by Crippen LogP contribution is -2.50. The lowest BCUT2D eigenvalue weighted by Gasteiger charge is -2.36. The standard InChI is InChI=1S/C21H23FN2O4/c1-27-19-5-3-2-4-18(19)23-10-12-24(13-11-23)20(25)15-28-21(26)14-16-6-8-17(22)9-7-16/h2-9H,10-15H2,1H3. The van der Waals surface area contributed by atoms with Crippen LogP contribution in [0.2, 0.25) is 0 Å². The molecule has 6 nitrogen and oxygen atoms in total. The Morgan fingerprint density at radius 3 is 2.36 bits per heavy atom. The summed E-state index contributed by atoms with van der Waals surface area (Å²) in [5.74, 6) is -0.281.